The molecule has 3 rings (SSSR count). The van der Waals surface area contributed by atoms with Crippen molar-refractivity contribution in [3.63, 3.8) is 0 Å². The fourth-order valence-electron chi connectivity index (χ4n) is 3.26. The zero-order chi connectivity index (χ0) is 21.3. The van der Waals surface area contributed by atoms with E-state index < -0.39 is 0 Å². The molecule has 0 unspecified atom stereocenters. The molecule has 0 bridgehead atoms. The normalized spacial score (nSPS) is 10.9. The van der Waals surface area contributed by atoms with Crippen LogP contribution in [0.2, 0.25) is 0 Å². The molecule has 0 saturated heterocycles. The molecule has 0 aliphatic carbocycles. The van der Waals surface area contributed by atoms with E-state index in [1.54, 1.807) is 12.3 Å². The summed E-state index contributed by atoms with van der Waals surface area (Å²) in [6.45, 7) is 5.98. The van der Waals surface area contributed by atoms with Gasteiger partial charge in [-0.05, 0) is 48.4 Å². The number of hydrazone groups is 1. The van der Waals surface area contributed by atoms with Gasteiger partial charge in [0.2, 0.25) is 0 Å². The molecule has 0 atom stereocenters. The monoisotopic (exact) mass is 402 g/mol. The smallest absolute Gasteiger partial charge is 0.259 e. The molecule has 0 heterocycles. The molecule has 3 aromatic rings. The first-order valence-corrected chi connectivity index (χ1v) is 10.0. The van der Waals surface area contributed by atoms with Gasteiger partial charge in [-0.25, -0.2) is 5.43 Å². The van der Waals surface area contributed by atoms with Gasteiger partial charge >= 0.3 is 0 Å². The van der Waals surface area contributed by atoms with Crippen LogP contribution >= 0.6 is 0 Å². The third kappa shape index (κ3) is 5.23. The van der Waals surface area contributed by atoms with Crippen molar-refractivity contribution >= 4 is 34.5 Å². The minimum atomic E-state index is -0.389. The van der Waals surface area contributed by atoms with Crippen LogP contribution in [-0.4, -0.2) is 37.7 Å². The van der Waals surface area contributed by atoms with Crippen LogP contribution in [0.5, 0.6) is 0 Å². The standard InChI is InChI=1S/C24H26N4O2/c1-3-28(4-2)20-14-12-18(13-15-20)16-26-27-23(29)17-25-24(30)22-11-7-9-19-8-5-6-10-21(19)22/h5-16H,3-4,17H2,1-2H3,(H,25,30)(H,27,29). The van der Waals surface area contributed by atoms with Gasteiger partial charge in [-0.2, -0.15) is 5.10 Å². The number of carbonyl (C=O) groups excluding carboxylic acids is 2. The van der Waals surface area contributed by atoms with Gasteiger partial charge in [-0.1, -0.05) is 48.5 Å². The number of fused-ring (bicyclic) bond motifs is 1. The Morgan fingerprint density at radius 2 is 1.63 bits per heavy atom. The number of rotatable bonds is 8. The van der Waals surface area contributed by atoms with Crippen molar-refractivity contribution in [2.75, 3.05) is 24.5 Å². The Hall–Kier alpha value is -3.67. The predicted molar refractivity (Wildman–Crippen MR) is 122 cm³/mol. The molecule has 6 nitrogen and oxygen atoms in total. The third-order valence-corrected chi connectivity index (χ3v) is 4.87. The zero-order valence-electron chi connectivity index (χ0n) is 17.3. The number of hydrogen-bond donors (Lipinski definition) is 2. The van der Waals surface area contributed by atoms with Gasteiger partial charge in [0, 0.05) is 24.3 Å². The van der Waals surface area contributed by atoms with E-state index in [0.29, 0.717) is 5.56 Å². The summed E-state index contributed by atoms with van der Waals surface area (Å²) in [7, 11) is 0. The lowest BCUT2D eigenvalue weighted by Crippen LogP contribution is -2.35. The van der Waals surface area contributed by atoms with E-state index >= 15 is 0 Å². The Bertz CT molecular complexity index is 1040. The average Bonchev–Trinajstić information content (AvgIpc) is 2.79. The largest absolute Gasteiger partial charge is 0.372 e. The lowest BCUT2D eigenvalue weighted by molar-refractivity contribution is -0.120. The highest BCUT2D eigenvalue weighted by molar-refractivity contribution is 6.07. The highest BCUT2D eigenvalue weighted by Gasteiger charge is 2.10. The quantitative estimate of drug-likeness (QED) is 0.447. The van der Waals surface area contributed by atoms with Crippen molar-refractivity contribution in [2.45, 2.75) is 13.8 Å². The average molecular weight is 402 g/mol. The summed E-state index contributed by atoms with van der Waals surface area (Å²) in [6, 6.07) is 21.1. The lowest BCUT2D eigenvalue weighted by Gasteiger charge is -2.20. The van der Waals surface area contributed by atoms with E-state index in [-0.39, 0.29) is 18.4 Å². The molecule has 154 valence electrons. The van der Waals surface area contributed by atoms with Crippen LogP contribution in [0.1, 0.15) is 29.8 Å². The molecule has 6 heteroatoms. The van der Waals surface area contributed by atoms with Crippen LogP contribution in [0.15, 0.2) is 71.8 Å². The highest BCUT2D eigenvalue weighted by atomic mass is 16.2. The van der Waals surface area contributed by atoms with Gasteiger partial charge in [0.05, 0.1) is 12.8 Å². The van der Waals surface area contributed by atoms with E-state index in [4.69, 9.17) is 0 Å². The fourth-order valence-corrected chi connectivity index (χ4v) is 3.26. The second kappa shape index (κ2) is 10.2. The second-order valence-corrected chi connectivity index (χ2v) is 6.77. The van der Waals surface area contributed by atoms with Gasteiger partial charge in [0.15, 0.2) is 0 Å². The predicted octanol–water partition coefficient (Wildman–Crippen LogP) is 3.57. The molecule has 0 radical (unpaired) electrons. The maximum Gasteiger partial charge on any atom is 0.259 e. The first-order valence-electron chi connectivity index (χ1n) is 10.0. The van der Waals surface area contributed by atoms with E-state index in [2.05, 4.69) is 34.6 Å². The molecule has 0 aliphatic rings. The molecule has 0 aliphatic heterocycles. The number of amides is 2. The number of carbonyl (C=O) groups is 2. The van der Waals surface area contributed by atoms with E-state index in [0.717, 1.165) is 35.1 Å². The number of nitrogens with zero attached hydrogens (tertiary/aromatic N) is 2. The molecule has 3 aromatic carbocycles. The maximum atomic E-state index is 12.5. The number of anilines is 1. The third-order valence-electron chi connectivity index (χ3n) is 4.87. The van der Waals surface area contributed by atoms with Crippen molar-refractivity contribution in [1.29, 1.82) is 0 Å². The van der Waals surface area contributed by atoms with Crippen molar-refractivity contribution in [3.8, 4) is 0 Å². The van der Waals surface area contributed by atoms with E-state index in [1.165, 1.54) is 0 Å². The number of nitrogens with one attached hydrogen (secondary N) is 2. The van der Waals surface area contributed by atoms with E-state index in [1.807, 2.05) is 60.7 Å². The molecule has 2 N–H and O–H groups in total. The summed E-state index contributed by atoms with van der Waals surface area (Å²) >= 11 is 0. The minimum absolute atomic E-state index is 0.152. The topological polar surface area (TPSA) is 73.8 Å². The van der Waals surface area contributed by atoms with Gasteiger partial charge in [0.25, 0.3) is 11.8 Å². The fraction of sp³-hybridized carbons (Fsp3) is 0.208. The van der Waals surface area contributed by atoms with Crippen LogP contribution in [0, 0.1) is 0 Å². The number of hydrogen-bond acceptors (Lipinski definition) is 4. The summed E-state index contributed by atoms with van der Waals surface area (Å²) in [5.74, 6) is -0.683. The van der Waals surface area contributed by atoms with Crippen molar-refractivity contribution in [3.05, 3.63) is 77.9 Å². The van der Waals surface area contributed by atoms with Gasteiger partial charge < -0.3 is 10.2 Å². The van der Waals surface area contributed by atoms with Crippen molar-refractivity contribution in [2.24, 2.45) is 5.10 Å². The van der Waals surface area contributed by atoms with Gasteiger partial charge in [0.1, 0.15) is 0 Å². The summed E-state index contributed by atoms with van der Waals surface area (Å²) in [4.78, 5) is 26.7. The van der Waals surface area contributed by atoms with Crippen LogP contribution < -0.4 is 15.6 Å². The van der Waals surface area contributed by atoms with Crippen LogP contribution in [0.25, 0.3) is 10.8 Å². The van der Waals surface area contributed by atoms with Crippen LogP contribution in [-0.2, 0) is 4.79 Å². The summed E-state index contributed by atoms with van der Waals surface area (Å²) in [6.07, 6.45) is 1.58. The molecule has 30 heavy (non-hydrogen) atoms. The Labute approximate surface area is 176 Å². The van der Waals surface area contributed by atoms with Crippen LogP contribution in [0.3, 0.4) is 0 Å². The summed E-state index contributed by atoms with van der Waals surface area (Å²) < 4.78 is 0. The molecule has 0 saturated carbocycles. The second-order valence-electron chi connectivity index (χ2n) is 6.77. The Balaban J connectivity index is 1.51. The first-order chi connectivity index (χ1) is 14.6. The molecule has 2 amide bonds. The van der Waals surface area contributed by atoms with Crippen LogP contribution in [0.4, 0.5) is 5.69 Å². The molecular formula is C24H26N4O2. The SMILES string of the molecule is CCN(CC)c1ccc(C=NNC(=O)CNC(=O)c2cccc3ccccc23)cc1. The summed E-state index contributed by atoms with van der Waals surface area (Å²) in [5, 5.41) is 8.44. The highest BCUT2D eigenvalue weighted by Crippen LogP contribution is 2.18. The lowest BCUT2D eigenvalue weighted by atomic mass is 10.0. The Morgan fingerprint density at radius 1 is 0.933 bits per heavy atom. The zero-order valence-corrected chi connectivity index (χ0v) is 17.3. The van der Waals surface area contributed by atoms with Crippen molar-refractivity contribution < 1.29 is 9.59 Å². The molecular weight excluding hydrogens is 376 g/mol. The number of benzene rings is 3. The van der Waals surface area contributed by atoms with Gasteiger partial charge in [-0.15, -0.1) is 0 Å². The Kier molecular flexibility index (Phi) is 7.16. The van der Waals surface area contributed by atoms with E-state index in [9.17, 15) is 9.59 Å². The Morgan fingerprint density at radius 3 is 2.37 bits per heavy atom. The molecule has 0 spiro atoms. The molecule has 0 aromatic heterocycles. The molecule has 0 fully saturated rings. The van der Waals surface area contributed by atoms with Gasteiger partial charge in [-0.3, -0.25) is 9.59 Å². The first kappa shape index (κ1) is 21.0. The maximum absolute atomic E-state index is 12.5. The summed E-state index contributed by atoms with van der Waals surface area (Å²) in [5.41, 5.74) is 5.01. The van der Waals surface area contributed by atoms with Crippen molar-refractivity contribution in [1.82, 2.24) is 10.7 Å². The minimum Gasteiger partial charge on any atom is -0.372 e.